The molecule has 2 N–H and O–H groups in total. The van der Waals surface area contributed by atoms with E-state index in [1.54, 1.807) is 0 Å². The predicted octanol–water partition coefficient (Wildman–Crippen LogP) is 2.70. The number of phenolic OH excluding ortho intramolecular Hbond substituents is 2. The number of hydrogen-bond donors (Lipinski definition) is 2. The van der Waals surface area contributed by atoms with Crippen LogP contribution < -0.4 is 0 Å². The van der Waals surface area contributed by atoms with Gasteiger partial charge in [0, 0.05) is 0 Å². The second-order valence-corrected chi connectivity index (χ2v) is 3.26. The first-order valence-electron chi connectivity index (χ1n) is 2.76. The summed E-state index contributed by atoms with van der Waals surface area (Å²) < 4.78 is 0.379. The molecule has 4 heteroatoms. The van der Waals surface area contributed by atoms with E-state index in [-0.39, 0.29) is 16.5 Å². The Morgan fingerprint density at radius 1 is 1.36 bits per heavy atom. The van der Waals surface area contributed by atoms with E-state index in [0.717, 1.165) is 0 Å². The maximum atomic E-state index is 9.12. The summed E-state index contributed by atoms with van der Waals surface area (Å²) in [4.78, 5) is 0. The van der Waals surface area contributed by atoms with Gasteiger partial charge in [0.05, 0.1) is 9.50 Å². The van der Waals surface area contributed by atoms with E-state index in [4.69, 9.17) is 21.8 Å². The first-order valence-corrected chi connectivity index (χ1v) is 3.93. The lowest BCUT2D eigenvalue weighted by molar-refractivity contribution is 0.401. The topological polar surface area (TPSA) is 40.5 Å². The Morgan fingerprint density at radius 3 is 2.45 bits per heavy atom. The Kier molecular flexibility index (Phi) is 2.30. The maximum absolute atomic E-state index is 9.12. The van der Waals surface area contributed by atoms with E-state index in [9.17, 15) is 0 Å². The van der Waals surface area contributed by atoms with Crippen molar-refractivity contribution in [3.05, 3.63) is 28.0 Å². The number of phenols is 2. The Balaban J connectivity index is 3.46. The van der Waals surface area contributed by atoms with Gasteiger partial charge in [0.15, 0.2) is 11.5 Å². The van der Waals surface area contributed by atoms with Gasteiger partial charge >= 0.3 is 0 Å². The van der Waals surface area contributed by atoms with Crippen LogP contribution in [0.3, 0.4) is 0 Å². The van der Waals surface area contributed by atoms with E-state index in [2.05, 4.69) is 22.9 Å². The molecule has 1 aromatic carbocycles. The minimum Gasteiger partial charge on any atom is -0.503 e. The third-order valence-electron chi connectivity index (χ3n) is 1.24. The Hall–Kier alpha value is -0.410. The lowest BCUT2D eigenvalue weighted by atomic mass is 10.2. The number of hydrogen-bond acceptors (Lipinski definition) is 2. The van der Waals surface area contributed by atoms with Crippen molar-refractivity contribution < 1.29 is 10.2 Å². The predicted molar refractivity (Wildman–Crippen MR) is 46.9 cm³/mol. The van der Waals surface area contributed by atoms with Crippen molar-refractivity contribution in [3.63, 3.8) is 0 Å². The van der Waals surface area contributed by atoms with Gasteiger partial charge in [-0.05, 0) is 34.5 Å². The van der Waals surface area contributed by atoms with Crippen LogP contribution in [0.1, 0.15) is 5.56 Å². The molecule has 0 bridgehead atoms. The lowest BCUT2D eigenvalue weighted by Crippen LogP contribution is -1.78. The Morgan fingerprint density at radius 2 is 1.91 bits per heavy atom. The highest BCUT2D eigenvalue weighted by molar-refractivity contribution is 9.10. The van der Waals surface area contributed by atoms with E-state index < -0.39 is 0 Å². The SMILES string of the molecule is [CH2]c1cc(Br)c(O)c(O)c1Cl. The van der Waals surface area contributed by atoms with Gasteiger partial charge in [-0.1, -0.05) is 11.6 Å². The molecule has 0 saturated carbocycles. The van der Waals surface area contributed by atoms with Crippen LogP contribution >= 0.6 is 27.5 Å². The first-order chi connectivity index (χ1) is 5.04. The molecule has 0 amide bonds. The second-order valence-electron chi connectivity index (χ2n) is 2.03. The fourth-order valence-corrected chi connectivity index (χ4v) is 1.26. The highest BCUT2D eigenvalue weighted by Crippen LogP contribution is 2.40. The van der Waals surface area contributed by atoms with Gasteiger partial charge in [-0.3, -0.25) is 0 Å². The molecule has 0 aliphatic carbocycles. The normalized spacial score (nSPS) is 10.1. The summed E-state index contributed by atoms with van der Waals surface area (Å²) >= 11 is 8.58. The first kappa shape index (κ1) is 8.68. The van der Waals surface area contributed by atoms with E-state index >= 15 is 0 Å². The lowest BCUT2D eigenvalue weighted by Gasteiger charge is -2.04. The van der Waals surface area contributed by atoms with Crippen LogP contribution in [0.25, 0.3) is 0 Å². The Bertz CT molecular complexity index is 273. The molecule has 0 aromatic heterocycles. The zero-order chi connectivity index (χ0) is 8.59. The van der Waals surface area contributed by atoms with E-state index in [1.165, 1.54) is 6.07 Å². The molecule has 0 spiro atoms. The summed E-state index contributed by atoms with van der Waals surface area (Å²) in [6, 6.07) is 1.53. The van der Waals surface area contributed by atoms with Crippen LogP contribution in [0.15, 0.2) is 10.5 Å². The van der Waals surface area contributed by atoms with E-state index in [0.29, 0.717) is 10.0 Å². The van der Waals surface area contributed by atoms with Crippen molar-refractivity contribution in [2.75, 3.05) is 0 Å². The minimum atomic E-state index is -0.342. The monoisotopic (exact) mass is 235 g/mol. The van der Waals surface area contributed by atoms with E-state index in [1.807, 2.05) is 0 Å². The van der Waals surface area contributed by atoms with Gasteiger partial charge < -0.3 is 10.2 Å². The van der Waals surface area contributed by atoms with Crippen LogP contribution in [0.5, 0.6) is 11.5 Å². The fourth-order valence-electron chi connectivity index (χ4n) is 0.654. The molecule has 11 heavy (non-hydrogen) atoms. The second kappa shape index (κ2) is 2.91. The molecule has 0 aliphatic heterocycles. The number of aromatic hydroxyl groups is 2. The van der Waals surface area contributed by atoms with Gasteiger partial charge in [0.25, 0.3) is 0 Å². The van der Waals surface area contributed by atoms with Crippen molar-refractivity contribution in [2.24, 2.45) is 0 Å². The van der Waals surface area contributed by atoms with Gasteiger partial charge in [-0.2, -0.15) is 0 Å². The van der Waals surface area contributed by atoms with Crippen LogP contribution in [-0.4, -0.2) is 10.2 Å². The molecule has 0 fully saturated rings. The summed E-state index contributed by atoms with van der Waals surface area (Å²) in [6.07, 6.45) is 0. The minimum absolute atomic E-state index is 0.0747. The molecule has 0 heterocycles. The molecule has 1 rings (SSSR count). The van der Waals surface area contributed by atoms with Crippen LogP contribution in [0.2, 0.25) is 5.02 Å². The molecule has 59 valence electrons. The van der Waals surface area contributed by atoms with Gasteiger partial charge in [0.2, 0.25) is 0 Å². The summed E-state index contributed by atoms with van der Waals surface area (Å²) in [5, 5.41) is 18.3. The van der Waals surface area contributed by atoms with Crippen molar-refractivity contribution in [1.82, 2.24) is 0 Å². The summed E-state index contributed by atoms with van der Waals surface area (Å²) in [7, 11) is 0. The number of rotatable bonds is 0. The van der Waals surface area contributed by atoms with Gasteiger partial charge in [0.1, 0.15) is 0 Å². The van der Waals surface area contributed by atoms with Crippen LogP contribution in [0.4, 0.5) is 0 Å². The van der Waals surface area contributed by atoms with Gasteiger partial charge in [-0.25, -0.2) is 0 Å². The van der Waals surface area contributed by atoms with Crippen molar-refractivity contribution >= 4 is 27.5 Å². The molecule has 2 nitrogen and oxygen atoms in total. The molecule has 0 unspecified atom stereocenters. The van der Waals surface area contributed by atoms with Crippen molar-refractivity contribution in [1.29, 1.82) is 0 Å². The third-order valence-corrected chi connectivity index (χ3v) is 2.27. The average molecular weight is 236 g/mol. The standard InChI is InChI=1S/C7H5BrClO2/c1-3-2-4(8)6(10)7(11)5(3)9/h2,10-11H,1H2. The molecule has 0 saturated heterocycles. The Labute approximate surface area is 77.6 Å². The zero-order valence-corrected chi connectivity index (χ0v) is 7.78. The molecular weight excluding hydrogens is 231 g/mol. The zero-order valence-electron chi connectivity index (χ0n) is 5.43. The molecule has 1 aromatic rings. The summed E-state index contributed by atoms with van der Waals surface area (Å²) in [5.74, 6) is -0.603. The smallest absolute Gasteiger partial charge is 0.177 e. The molecule has 1 radical (unpaired) electrons. The van der Waals surface area contributed by atoms with Gasteiger partial charge in [-0.15, -0.1) is 0 Å². The summed E-state index contributed by atoms with van der Waals surface area (Å²) in [5.41, 5.74) is 0.467. The quantitative estimate of drug-likeness (QED) is 0.680. The van der Waals surface area contributed by atoms with Crippen LogP contribution in [0, 0.1) is 6.92 Å². The average Bonchev–Trinajstić information content (AvgIpc) is 1.97. The maximum Gasteiger partial charge on any atom is 0.177 e. The van der Waals surface area contributed by atoms with Crippen LogP contribution in [-0.2, 0) is 0 Å². The van der Waals surface area contributed by atoms with Crippen molar-refractivity contribution in [3.8, 4) is 11.5 Å². The highest BCUT2D eigenvalue weighted by Gasteiger charge is 2.10. The van der Waals surface area contributed by atoms with Crippen molar-refractivity contribution in [2.45, 2.75) is 0 Å². The molecule has 0 atom stereocenters. The number of halogens is 2. The number of benzene rings is 1. The summed E-state index contributed by atoms with van der Waals surface area (Å²) in [6.45, 7) is 3.55. The molecule has 0 aliphatic rings. The molecular formula is C7H5BrClO2. The fraction of sp³-hybridized carbons (Fsp3) is 0. The highest BCUT2D eigenvalue weighted by atomic mass is 79.9. The third kappa shape index (κ3) is 1.44. The largest absolute Gasteiger partial charge is 0.503 e.